The van der Waals surface area contributed by atoms with Gasteiger partial charge in [0.25, 0.3) is 0 Å². The average molecular weight is 315 g/mol. The summed E-state index contributed by atoms with van der Waals surface area (Å²) in [6.45, 7) is 4.40. The maximum atomic E-state index is 4.68. The molecule has 0 aliphatic heterocycles. The van der Waals surface area contributed by atoms with Crippen LogP contribution in [0, 0.1) is 0 Å². The smallest absolute Gasteiger partial charge is 0.138 e. The first-order valence-corrected chi connectivity index (χ1v) is 7.19. The molecule has 1 aromatic heterocycles. The highest BCUT2D eigenvalue weighted by molar-refractivity contribution is 9.10. The Bertz CT molecular complexity index is 695. The van der Waals surface area contributed by atoms with Crippen molar-refractivity contribution < 1.29 is 0 Å². The molecule has 3 rings (SSSR count). The van der Waals surface area contributed by atoms with Crippen LogP contribution in [0.1, 0.15) is 25.3 Å². The maximum absolute atomic E-state index is 4.68. The van der Waals surface area contributed by atoms with E-state index in [1.54, 1.807) is 0 Å². The van der Waals surface area contributed by atoms with Crippen LogP contribution in [0.4, 0.5) is 0 Å². The molecule has 0 fully saturated rings. The third-order valence-corrected chi connectivity index (χ3v) is 3.77. The van der Waals surface area contributed by atoms with Gasteiger partial charge in [-0.25, -0.2) is 4.98 Å². The number of para-hydroxylation sites is 2. The molecule has 0 atom stereocenters. The van der Waals surface area contributed by atoms with Crippen molar-refractivity contribution in [1.29, 1.82) is 0 Å². The Kier molecular flexibility index (Phi) is 3.15. The Balaban J connectivity index is 2.20. The zero-order chi connectivity index (χ0) is 13.4. The van der Waals surface area contributed by atoms with Gasteiger partial charge in [0.15, 0.2) is 0 Å². The molecule has 0 unspecified atom stereocenters. The summed E-state index contributed by atoms with van der Waals surface area (Å²) < 4.78 is 1.11. The van der Waals surface area contributed by atoms with E-state index in [0.29, 0.717) is 5.92 Å². The van der Waals surface area contributed by atoms with Crippen LogP contribution in [0.2, 0.25) is 0 Å². The summed E-state index contributed by atoms with van der Waals surface area (Å²) in [4.78, 5) is 8.09. The largest absolute Gasteiger partial charge is 0.338 e. The van der Waals surface area contributed by atoms with Gasteiger partial charge in [-0.3, -0.25) is 0 Å². The second-order valence-corrected chi connectivity index (χ2v) is 5.90. The van der Waals surface area contributed by atoms with Gasteiger partial charge in [-0.1, -0.05) is 41.9 Å². The normalized spacial score (nSPS) is 11.4. The molecule has 2 nitrogen and oxygen atoms in total. The summed E-state index contributed by atoms with van der Waals surface area (Å²) in [7, 11) is 0. The number of halogens is 1. The van der Waals surface area contributed by atoms with Gasteiger partial charge in [0, 0.05) is 10.0 Å². The Labute approximate surface area is 121 Å². The number of H-pyrrole nitrogens is 1. The first-order valence-electron chi connectivity index (χ1n) is 6.39. The number of nitrogens with zero attached hydrogens (tertiary/aromatic N) is 1. The van der Waals surface area contributed by atoms with Crippen molar-refractivity contribution in [3.63, 3.8) is 0 Å². The fourth-order valence-electron chi connectivity index (χ4n) is 2.31. The third kappa shape index (κ3) is 2.30. The van der Waals surface area contributed by atoms with Gasteiger partial charge in [0.05, 0.1) is 11.0 Å². The number of hydrogen-bond donors (Lipinski definition) is 1. The van der Waals surface area contributed by atoms with Crippen LogP contribution in [-0.2, 0) is 0 Å². The lowest BCUT2D eigenvalue weighted by Gasteiger charge is -2.11. The molecule has 0 bridgehead atoms. The fraction of sp³-hybridized carbons (Fsp3) is 0.188. The highest BCUT2D eigenvalue weighted by Crippen LogP contribution is 2.31. The second-order valence-electron chi connectivity index (χ2n) is 4.99. The number of rotatable bonds is 2. The van der Waals surface area contributed by atoms with Crippen LogP contribution in [0.15, 0.2) is 46.9 Å². The first kappa shape index (κ1) is 12.4. The number of nitrogens with one attached hydrogen (secondary N) is 1. The molecule has 2 aromatic carbocycles. The van der Waals surface area contributed by atoms with E-state index >= 15 is 0 Å². The van der Waals surface area contributed by atoms with Crippen molar-refractivity contribution in [2.75, 3.05) is 0 Å². The van der Waals surface area contributed by atoms with Gasteiger partial charge in [-0.15, -0.1) is 0 Å². The minimum Gasteiger partial charge on any atom is -0.338 e. The third-order valence-electron chi connectivity index (χ3n) is 3.28. The molecule has 0 spiro atoms. The summed E-state index contributed by atoms with van der Waals surface area (Å²) in [5.41, 5.74) is 4.56. The molecule has 1 heterocycles. The van der Waals surface area contributed by atoms with Gasteiger partial charge in [0.2, 0.25) is 0 Å². The number of aromatic nitrogens is 2. The van der Waals surface area contributed by atoms with E-state index < -0.39 is 0 Å². The van der Waals surface area contributed by atoms with E-state index in [4.69, 9.17) is 0 Å². The molecule has 96 valence electrons. The molecule has 19 heavy (non-hydrogen) atoms. The molecular formula is C16H15BrN2. The van der Waals surface area contributed by atoms with Crippen molar-refractivity contribution in [3.05, 3.63) is 52.5 Å². The number of hydrogen-bond acceptors (Lipinski definition) is 1. The molecule has 0 saturated carbocycles. The minimum absolute atomic E-state index is 0.459. The Morgan fingerprint density at radius 2 is 1.89 bits per heavy atom. The molecule has 0 radical (unpaired) electrons. The van der Waals surface area contributed by atoms with E-state index in [-0.39, 0.29) is 0 Å². The van der Waals surface area contributed by atoms with Crippen LogP contribution >= 0.6 is 15.9 Å². The van der Waals surface area contributed by atoms with E-state index in [2.05, 4.69) is 64.0 Å². The van der Waals surface area contributed by atoms with Crippen LogP contribution in [0.5, 0.6) is 0 Å². The lowest BCUT2D eigenvalue weighted by molar-refractivity contribution is 0.866. The van der Waals surface area contributed by atoms with Crippen molar-refractivity contribution in [3.8, 4) is 11.4 Å². The lowest BCUT2D eigenvalue weighted by Crippen LogP contribution is -1.93. The number of aromatic amines is 1. The Morgan fingerprint density at radius 1 is 1.11 bits per heavy atom. The molecule has 0 aliphatic carbocycles. The predicted octanol–water partition coefficient (Wildman–Crippen LogP) is 5.12. The highest BCUT2D eigenvalue weighted by Gasteiger charge is 2.12. The second kappa shape index (κ2) is 4.82. The standard InChI is InChI=1S/C16H15BrN2/c1-10(2)13-9-11(17)7-8-12(13)16-18-14-5-3-4-6-15(14)19-16/h3-10H,1-2H3,(H,18,19). The lowest BCUT2D eigenvalue weighted by atomic mass is 9.97. The van der Waals surface area contributed by atoms with Crippen molar-refractivity contribution in [1.82, 2.24) is 9.97 Å². The molecular weight excluding hydrogens is 300 g/mol. The van der Waals surface area contributed by atoms with Crippen molar-refractivity contribution in [2.45, 2.75) is 19.8 Å². The SMILES string of the molecule is CC(C)c1cc(Br)ccc1-c1nc2ccccc2[nH]1. The summed E-state index contributed by atoms with van der Waals surface area (Å²) >= 11 is 3.54. The highest BCUT2D eigenvalue weighted by atomic mass is 79.9. The average Bonchev–Trinajstić information content (AvgIpc) is 2.82. The first-order chi connectivity index (χ1) is 9.15. The monoisotopic (exact) mass is 314 g/mol. The van der Waals surface area contributed by atoms with Crippen molar-refractivity contribution >= 4 is 27.0 Å². The summed E-state index contributed by atoms with van der Waals surface area (Å²) in [5, 5.41) is 0. The summed E-state index contributed by atoms with van der Waals surface area (Å²) in [5.74, 6) is 1.40. The molecule has 0 saturated heterocycles. The topological polar surface area (TPSA) is 28.7 Å². The van der Waals surface area contributed by atoms with Gasteiger partial charge < -0.3 is 4.98 Å². The van der Waals surface area contributed by atoms with Crippen LogP contribution < -0.4 is 0 Å². The van der Waals surface area contributed by atoms with E-state index in [0.717, 1.165) is 21.3 Å². The predicted molar refractivity (Wildman–Crippen MR) is 83.3 cm³/mol. The van der Waals surface area contributed by atoms with Crippen molar-refractivity contribution in [2.24, 2.45) is 0 Å². The summed E-state index contributed by atoms with van der Waals surface area (Å²) in [6, 6.07) is 14.5. The van der Waals surface area contributed by atoms with Crippen LogP contribution in [0.25, 0.3) is 22.4 Å². The quantitative estimate of drug-likeness (QED) is 0.699. The minimum atomic E-state index is 0.459. The number of imidazole rings is 1. The van der Waals surface area contributed by atoms with Gasteiger partial charge in [-0.2, -0.15) is 0 Å². The zero-order valence-corrected chi connectivity index (χ0v) is 12.5. The molecule has 0 amide bonds. The molecule has 0 aliphatic rings. The van der Waals surface area contributed by atoms with Crippen LogP contribution in [0.3, 0.4) is 0 Å². The molecule has 3 aromatic rings. The number of fused-ring (bicyclic) bond motifs is 1. The van der Waals surface area contributed by atoms with Gasteiger partial charge >= 0.3 is 0 Å². The van der Waals surface area contributed by atoms with Gasteiger partial charge in [0.1, 0.15) is 5.82 Å². The Morgan fingerprint density at radius 3 is 2.63 bits per heavy atom. The van der Waals surface area contributed by atoms with E-state index in [1.165, 1.54) is 11.1 Å². The fourth-order valence-corrected chi connectivity index (χ4v) is 2.69. The Hall–Kier alpha value is -1.61. The number of benzene rings is 2. The molecule has 3 heteroatoms. The zero-order valence-electron chi connectivity index (χ0n) is 10.9. The van der Waals surface area contributed by atoms with E-state index in [1.807, 2.05) is 18.2 Å². The molecule has 1 N–H and O–H groups in total. The van der Waals surface area contributed by atoms with E-state index in [9.17, 15) is 0 Å². The van der Waals surface area contributed by atoms with Crippen LogP contribution in [-0.4, -0.2) is 9.97 Å². The maximum Gasteiger partial charge on any atom is 0.138 e. The van der Waals surface area contributed by atoms with Gasteiger partial charge in [-0.05, 0) is 41.8 Å². The summed E-state index contributed by atoms with van der Waals surface area (Å²) in [6.07, 6.45) is 0.